The van der Waals surface area contributed by atoms with Crippen molar-refractivity contribution in [3.63, 3.8) is 0 Å². The number of nitrogens with one attached hydrogen (secondary N) is 1. The molecule has 0 atom stereocenters. The number of H-pyrrole nitrogens is 1. The lowest BCUT2D eigenvalue weighted by Gasteiger charge is -2.06. The molecule has 0 saturated carbocycles. The normalized spacial score (nSPS) is 13.1. The van der Waals surface area contributed by atoms with Gasteiger partial charge in [-0.05, 0) is 24.0 Å². The standard InChI is InChI=1S/C16H12N4/c1-11-7-13(12-5-3-2-4-6-12)10-18-16(11)15-8-14(9-17)19-20-15/h2-8,10H,1H3,(H,19,20)/i1D3. The van der Waals surface area contributed by atoms with Crippen LogP contribution >= 0.6 is 0 Å². The highest BCUT2D eigenvalue weighted by molar-refractivity contribution is 5.68. The maximum absolute atomic E-state index is 8.86. The van der Waals surface area contributed by atoms with Crippen LogP contribution in [-0.2, 0) is 0 Å². The van der Waals surface area contributed by atoms with Gasteiger partial charge in [0, 0.05) is 21.9 Å². The molecule has 0 bridgehead atoms. The molecule has 4 nitrogen and oxygen atoms in total. The van der Waals surface area contributed by atoms with Crippen LogP contribution < -0.4 is 0 Å². The first-order valence-electron chi connectivity index (χ1n) is 7.51. The second kappa shape index (κ2) is 4.98. The van der Waals surface area contributed by atoms with E-state index in [1.165, 1.54) is 6.07 Å². The molecule has 3 rings (SSSR count). The van der Waals surface area contributed by atoms with E-state index >= 15 is 0 Å². The molecule has 1 N–H and O–H groups in total. The predicted molar refractivity (Wildman–Crippen MR) is 76.7 cm³/mol. The van der Waals surface area contributed by atoms with Crippen LogP contribution in [-0.4, -0.2) is 15.2 Å². The number of rotatable bonds is 2. The highest BCUT2D eigenvalue weighted by Crippen LogP contribution is 2.25. The molecule has 3 aromatic rings. The molecule has 2 aromatic heterocycles. The molecule has 0 spiro atoms. The summed E-state index contributed by atoms with van der Waals surface area (Å²) >= 11 is 0. The van der Waals surface area contributed by atoms with E-state index in [0.717, 1.165) is 11.1 Å². The molecule has 96 valence electrons. The van der Waals surface area contributed by atoms with Crippen molar-refractivity contribution in [2.24, 2.45) is 0 Å². The second-order valence-electron chi connectivity index (χ2n) is 4.26. The Hall–Kier alpha value is -2.93. The molecular formula is C16H12N4. The van der Waals surface area contributed by atoms with E-state index in [1.807, 2.05) is 36.4 Å². The summed E-state index contributed by atoms with van der Waals surface area (Å²) < 4.78 is 23.3. The fraction of sp³-hybridized carbons (Fsp3) is 0.0625. The minimum atomic E-state index is -2.33. The van der Waals surface area contributed by atoms with Gasteiger partial charge in [0.2, 0.25) is 0 Å². The Kier molecular flexibility index (Phi) is 2.25. The molecule has 4 heteroatoms. The summed E-state index contributed by atoms with van der Waals surface area (Å²) in [5.41, 5.74) is 2.60. The van der Waals surface area contributed by atoms with E-state index in [0.29, 0.717) is 5.69 Å². The smallest absolute Gasteiger partial charge is 0.162 e. The van der Waals surface area contributed by atoms with Gasteiger partial charge in [-0.15, -0.1) is 0 Å². The third-order valence-corrected chi connectivity index (χ3v) is 2.94. The summed E-state index contributed by atoms with van der Waals surface area (Å²) in [6, 6.07) is 14.4. The van der Waals surface area contributed by atoms with Crippen molar-refractivity contribution in [2.45, 2.75) is 6.85 Å². The summed E-state index contributed by atoms with van der Waals surface area (Å²) in [5.74, 6) is 0. The molecule has 0 aliphatic carbocycles. The molecule has 2 heterocycles. The van der Waals surface area contributed by atoms with Crippen molar-refractivity contribution < 1.29 is 4.11 Å². The van der Waals surface area contributed by atoms with Crippen molar-refractivity contribution in [3.8, 4) is 28.6 Å². The van der Waals surface area contributed by atoms with E-state index in [9.17, 15) is 0 Å². The Bertz CT molecular complexity index is 876. The monoisotopic (exact) mass is 263 g/mol. The van der Waals surface area contributed by atoms with Gasteiger partial charge >= 0.3 is 0 Å². The third-order valence-electron chi connectivity index (χ3n) is 2.94. The molecule has 0 amide bonds. The van der Waals surface area contributed by atoms with E-state index in [2.05, 4.69) is 15.2 Å². The summed E-state index contributed by atoms with van der Waals surface area (Å²) in [4.78, 5) is 4.30. The van der Waals surface area contributed by atoms with Crippen LogP contribution in [0.1, 0.15) is 15.4 Å². The number of aryl methyl sites for hydroxylation is 1. The lowest BCUT2D eigenvalue weighted by atomic mass is 10.0. The topological polar surface area (TPSA) is 65.4 Å². The minimum absolute atomic E-state index is 0.118. The third kappa shape index (κ3) is 2.17. The summed E-state index contributed by atoms with van der Waals surface area (Å²) in [6.45, 7) is -2.33. The van der Waals surface area contributed by atoms with Gasteiger partial charge in [0.15, 0.2) is 5.69 Å². The zero-order valence-electron chi connectivity index (χ0n) is 13.5. The van der Waals surface area contributed by atoms with Crippen LogP contribution in [0.2, 0.25) is 0 Å². The number of aromatic amines is 1. The lowest BCUT2D eigenvalue weighted by Crippen LogP contribution is -1.90. The van der Waals surface area contributed by atoms with Gasteiger partial charge in [-0.3, -0.25) is 10.1 Å². The fourth-order valence-electron chi connectivity index (χ4n) is 1.97. The van der Waals surface area contributed by atoms with Crippen LogP contribution in [0.3, 0.4) is 0 Å². The highest BCUT2D eigenvalue weighted by Gasteiger charge is 2.09. The van der Waals surface area contributed by atoms with E-state index in [1.54, 1.807) is 12.3 Å². The Labute approximate surface area is 120 Å². The van der Waals surface area contributed by atoms with Gasteiger partial charge in [-0.2, -0.15) is 10.4 Å². The highest BCUT2D eigenvalue weighted by atomic mass is 15.1. The molecular weight excluding hydrogens is 248 g/mol. The zero-order chi connectivity index (χ0) is 16.4. The van der Waals surface area contributed by atoms with Crippen LogP contribution in [0.4, 0.5) is 0 Å². The Morgan fingerprint density at radius 3 is 2.75 bits per heavy atom. The largest absolute Gasteiger partial charge is 0.275 e. The average molecular weight is 263 g/mol. The van der Waals surface area contributed by atoms with Crippen molar-refractivity contribution in [3.05, 3.63) is 59.9 Å². The number of nitrogens with zero attached hydrogens (tertiary/aromatic N) is 3. The van der Waals surface area contributed by atoms with Crippen LogP contribution in [0.25, 0.3) is 22.5 Å². The SMILES string of the molecule is [2H]C([2H])([2H])c1cc(-c2ccccc2)cnc1-c1cc(C#N)n[nH]1. The molecule has 20 heavy (non-hydrogen) atoms. The Morgan fingerprint density at radius 2 is 2.05 bits per heavy atom. The summed E-state index contributed by atoms with van der Waals surface area (Å²) in [6.07, 6.45) is 1.62. The van der Waals surface area contributed by atoms with Crippen molar-refractivity contribution in [2.75, 3.05) is 0 Å². The van der Waals surface area contributed by atoms with Gasteiger partial charge in [0.25, 0.3) is 0 Å². The lowest BCUT2D eigenvalue weighted by molar-refractivity contribution is 1.07. The molecule has 0 fully saturated rings. The van der Waals surface area contributed by atoms with Gasteiger partial charge in [-0.25, -0.2) is 0 Å². The molecule has 0 radical (unpaired) electrons. The first-order chi connectivity index (χ1) is 11.0. The predicted octanol–water partition coefficient (Wildman–Crippen LogP) is 3.32. The van der Waals surface area contributed by atoms with E-state index in [4.69, 9.17) is 9.37 Å². The number of hydrogen-bond acceptors (Lipinski definition) is 3. The van der Waals surface area contributed by atoms with Crippen molar-refractivity contribution in [1.82, 2.24) is 15.2 Å². The number of pyridine rings is 1. The maximum atomic E-state index is 8.86. The van der Waals surface area contributed by atoms with Crippen LogP contribution in [0, 0.1) is 18.2 Å². The number of aromatic nitrogens is 3. The summed E-state index contributed by atoms with van der Waals surface area (Å²) in [5, 5.41) is 15.3. The van der Waals surface area contributed by atoms with Crippen molar-refractivity contribution >= 4 is 0 Å². The molecule has 0 saturated heterocycles. The Morgan fingerprint density at radius 1 is 1.20 bits per heavy atom. The molecule has 0 aliphatic rings. The van der Waals surface area contributed by atoms with Crippen LogP contribution in [0.15, 0.2) is 48.7 Å². The Balaban J connectivity index is 2.16. The van der Waals surface area contributed by atoms with E-state index < -0.39 is 6.85 Å². The van der Waals surface area contributed by atoms with Gasteiger partial charge in [0.1, 0.15) is 6.07 Å². The van der Waals surface area contributed by atoms with Crippen molar-refractivity contribution in [1.29, 1.82) is 5.26 Å². The number of hydrogen-bond donors (Lipinski definition) is 1. The first kappa shape index (κ1) is 9.05. The number of nitriles is 1. The zero-order valence-corrected chi connectivity index (χ0v) is 10.5. The first-order valence-corrected chi connectivity index (χ1v) is 6.01. The van der Waals surface area contributed by atoms with Gasteiger partial charge < -0.3 is 0 Å². The van der Waals surface area contributed by atoms with Gasteiger partial charge in [-0.1, -0.05) is 30.3 Å². The molecule has 0 unspecified atom stereocenters. The van der Waals surface area contributed by atoms with Gasteiger partial charge in [0.05, 0.1) is 11.4 Å². The average Bonchev–Trinajstić information content (AvgIpc) is 3.03. The molecule has 0 aliphatic heterocycles. The second-order valence-corrected chi connectivity index (χ2v) is 4.26. The molecule has 1 aromatic carbocycles. The summed E-state index contributed by atoms with van der Waals surface area (Å²) in [7, 11) is 0. The quantitative estimate of drug-likeness (QED) is 0.771. The fourth-order valence-corrected chi connectivity index (χ4v) is 1.97. The van der Waals surface area contributed by atoms with Crippen LogP contribution in [0.5, 0.6) is 0 Å². The maximum Gasteiger partial charge on any atom is 0.162 e. The number of benzene rings is 1. The van der Waals surface area contributed by atoms with E-state index in [-0.39, 0.29) is 17.0 Å². The minimum Gasteiger partial charge on any atom is -0.275 e.